The Kier molecular flexibility index (Phi) is 6.87. The summed E-state index contributed by atoms with van der Waals surface area (Å²) in [5.41, 5.74) is -4.12. The van der Waals surface area contributed by atoms with Crippen molar-refractivity contribution >= 4 is 11.9 Å². The SMILES string of the molecule is CC(C)(C)OC(=O)NCC(C)(C)n1cc(C(=O)C(F)(F)F)c(=O)c(-c2ccc(F)cc2)c1. The van der Waals surface area contributed by atoms with E-state index in [1.54, 1.807) is 34.6 Å². The number of nitrogens with zero attached hydrogens (tertiary/aromatic N) is 1. The van der Waals surface area contributed by atoms with Gasteiger partial charge in [-0.25, -0.2) is 9.18 Å². The number of carbonyl (C=O) groups excluding carboxylic acids is 2. The molecule has 0 saturated heterocycles. The first-order chi connectivity index (χ1) is 14.5. The largest absolute Gasteiger partial charge is 0.455 e. The molecule has 1 aromatic carbocycles. The van der Waals surface area contributed by atoms with Crippen molar-refractivity contribution in [2.75, 3.05) is 6.54 Å². The van der Waals surface area contributed by atoms with Crippen LogP contribution in [0.2, 0.25) is 0 Å². The normalized spacial score (nSPS) is 12.4. The topological polar surface area (TPSA) is 77.4 Å². The molecule has 32 heavy (non-hydrogen) atoms. The molecule has 174 valence electrons. The molecule has 1 heterocycles. The molecule has 0 fully saturated rings. The van der Waals surface area contributed by atoms with E-state index >= 15 is 0 Å². The van der Waals surface area contributed by atoms with Crippen molar-refractivity contribution in [3.63, 3.8) is 0 Å². The van der Waals surface area contributed by atoms with E-state index in [-0.39, 0.29) is 17.7 Å². The number of ether oxygens (including phenoxy) is 1. The molecule has 0 saturated carbocycles. The first-order valence-electron chi connectivity index (χ1n) is 9.62. The lowest BCUT2D eigenvalue weighted by Crippen LogP contribution is -2.43. The summed E-state index contributed by atoms with van der Waals surface area (Å²) in [5.74, 6) is -2.89. The maximum absolute atomic E-state index is 13.3. The predicted octanol–water partition coefficient (Wildman–Crippen LogP) is 4.66. The van der Waals surface area contributed by atoms with E-state index in [0.717, 1.165) is 18.3 Å². The molecule has 2 aromatic rings. The lowest BCUT2D eigenvalue weighted by Gasteiger charge is -2.30. The van der Waals surface area contributed by atoms with Gasteiger partial charge in [0.1, 0.15) is 11.4 Å². The van der Waals surface area contributed by atoms with Gasteiger partial charge in [-0.05, 0) is 52.3 Å². The number of halogens is 4. The van der Waals surface area contributed by atoms with E-state index in [1.807, 2.05) is 0 Å². The van der Waals surface area contributed by atoms with E-state index in [2.05, 4.69) is 5.32 Å². The lowest BCUT2D eigenvalue weighted by molar-refractivity contribution is -0.0886. The van der Waals surface area contributed by atoms with E-state index in [0.29, 0.717) is 0 Å². The molecule has 0 bridgehead atoms. The average Bonchev–Trinajstić information content (AvgIpc) is 2.65. The fourth-order valence-corrected chi connectivity index (χ4v) is 2.77. The number of amides is 1. The highest BCUT2D eigenvalue weighted by molar-refractivity contribution is 6.00. The van der Waals surface area contributed by atoms with Crippen LogP contribution in [0.1, 0.15) is 45.0 Å². The van der Waals surface area contributed by atoms with E-state index in [4.69, 9.17) is 4.74 Å². The molecule has 2 rings (SSSR count). The summed E-state index contributed by atoms with van der Waals surface area (Å²) in [6.07, 6.45) is -3.93. The summed E-state index contributed by atoms with van der Waals surface area (Å²) in [7, 11) is 0. The van der Waals surface area contributed by atoms with Gasteiger partial charge in [-0.1, -0.05) is 12.1 Å². The maximum atomic E-state index is 13.3. The minimum Gasteiger partial charge on any atom is -0.444 e. The van der Waals surface area contributed by atoms with Crippen molar-refractivity contribution < 1.29 is 31.9 Å². The first-order valence-corrected chi connectivity index (χ1v) is 9.62. The van der Waals surface area contributed by atoms with Gasteiger partial charge in [-0.15, -0.1) is 0 Å². The van der Waals surface area contributed by atoms with Gasteiger partial charge < -0.3 is 14.6 Å². The number of alkyl halides is 3. The smallest absolute Gasteiger partial charge is 0.444 e. The van der Waals surface area contributed by atoms with Gasteiger partial charge in [0.15, 0.2) is 0 Å². The Morgan fingerprint density at radius 2 is 1.56 bits per heavy atom. The van der Waals surface area contributed by atoms with E-state index < -0.39 is 46.0 Å². The molecule has 0 atom stereocenters. The number of hydrogen-bond donors (Lipinski definition) is 1. The number of carbonyl (C=O) groups is 2. The van der Waals surface area contributed by atoms with Crippen LogP contribution in [0.5, 0.6) is 0 Å². The number of aromatic nitrogens is 1. The Labute approximate surface area is 182 Å². The first kappa shape index (κ1) is 25.1. The monoisotopic (exact) mass is 456 g/mol. The molecule has 6 nitrogen and oxygen atoms in total. The summed E-state index contributed by atoms with van der Waals surface area (Å²) in [6, 6.07) is 4.55. The van der Waals surface area contributed by atoms with Gasteiger partial charge in [0.2, 0.25) is 5.43 Å². The minimum atomic E-state index is -5.27. The molecule has 1 amide bonds. The maximum Gasteiger partial charge on any atom is 0.455 e. The van der Waals surface area contributed by atoms with E-state index in [9.17, 15) is 31.9 Å². The van der Waals surface area contributed by atoms with Crippen LogP contribution in [0.3, 0.4) is 0 Å². The number of nitrogens with one attached hydrogen (secondary N) is 1. The van der Waals surface area contributed by atoms with Gasteiger partial charge in [-0.3, -0.25) is 9.59 Å². The number of hydrogen-bond acceptors (Lipinski definition) is 4. The van der Waals surface area contributed by atoms with Crippen molar-refractivity contribution in [1.29, 1.82) is 0 Å². The summed E-state index contributed by atoms with van der Waals surface area (Å²) in [4.78, 5) is 36.7. The molecule has 10 heteroatoms. The second-order valence-electron chi connectivity index (χ2n) is 8.82. The fraction of sp³-hybridized carbons (Fsp3) is 0.409. The number of alkyl carbamates (subject to hydrolysis) is 1. The highest BCUT2D eigenvalue weighted by Crippen LogP contribution is 2.25. The fourth-order valence-electron chi connectivity index (χ4n) is 2.77. The Morgan fingerprint density at radius 3 is 2.06 bits per heavy atom. The Hall–Kier alpha value is -3.17. The van der Waals surface area contributed by atoms with Crippen molar-refractivity contribution in [3.05, 3.63) is 58.3 Å². The third kappa shape index (κ3) is 6.18. The standard InChI is InChI=1S/C22H24F4N2O4/c1-20(2,3)32-19(31)27-12-21(4,5)28-10-15(13-6-8-14(23)9-7-13)17(29)16(11-28)18(30)22(24,25)26/h6-11H,12H2,1-5H3,(H,27,31). The molecule has 0 unspecified atom stereocenters. The number of benzene rings is 1. The van der Waals surface area contributed by atoms with Crippen molar-refractivity contribution in [2.45, 2.75) is 51.9 Å². The van der Waals surface area contributed by atoms with Crippen molar-refractivity contribution in [1.82, 2.24) is 9.88 Å². The molecule has 0 aliphatic heterocycles. The quantitative estimate of drug-likeness (QED) is 0.525. The van der Waals surface area contributed by atoms with Gasteiger partial charge in [0.05, 0.1) is 11.1 Å². The van der Waals surface area contributed by atoms with Gasteiger partial charge in [-0.2, -0.15) is 13.2 Å². The van der Waals surface area contributed by atoms with Crippen molar-refractivity contribution in [2.24, 2.45) is 0 Å². The van der Waals surface area contributed by atoms with Crippen LogP contribution in [0.25, 0.3) is 11.1 Å². The Balaban J connectivity index is 2.55. The van der Waals surface area contributed by atoms with Crippen LogP contribution in [0, 0.1) is 5.82 Å². The highest BCUT2D eigenvalue weighted by atomic mass is 19.4. The Morgan fingerprint density at radius 1 is 1.00 bits per heavy atom. The number of ketones is 1. The molecular formula is C22H24F4N2O4. The summed E-state index contributed by atoms with van der Waals surface area (Å²) in [5, 5.41) is 2.52. The minimum absolute atomic E-state index is 0.0900. The zero-order chi connectivity index (χ0) is 24.5. The van der Waals surface area contributed by atoms with Crippen LogP contribution in [-0.2, 0) is 10.3 Å². The molecule has 0 radical (unpaired) electrons. The van der Waals surface area contributed by atoms with Gasteiger partial charge in [0.25, 0.3) is 5.78 Å². The van der Waals surface area contributed by atoms with Crippen LogP contribution in [0.15, 0.2) is 41.5 Å². The zero-order valence-electron chi connectivity index (χ0n) is 18.3. The summed E-state index contributed by atoms with van der Waals surface area (Å²) >= 11 is 0. The van der Waals surface area contributed by atoms with E-state index in [1.165, 1.54) is 22.9 Å². The molecule has 0 aliphatic rings. The summed E-state index contributed by atoms with van der Waals surface area (Å²) in [6.45, 7) is 8.10. The molecule has 1 aromatic heterocycles. The number of rotatable bonds is 5. The number of pyridine rings is 1. The molecule has 0 aliphatic carbocycles. The van der Waals surface area contributed by atoms with Crippen LogP contribution in [-0.4, -0.2) is 34.8 Å². The third-order valence-electron chi connectivity index (χ3n) is 4.45. The van der Waals surface area contributed by atoms with Crippen LogP contribution < -0.4 is 10.7 Å². The summed E-state index contributed by atoms with van der Waals surface area (Å²) < 4.78 is 59.0. The predicted molar refractivity (Wildman–Crippen MR) is 110 cm³/mol. The zero-order valence-corrected chi connectivity index (χ0v) is 18.3. The Bertz CT molecular complexity index is 1070. The lowest BCUT2D eigenvalue weighted by atomic mass is 9.99. The third-order valence-corrected chi connectivity index (χ3v) is 4.45. The van der Waals surface area contributed by atoms with Gasteiger partial charge >= 0.3 is 12.3 Å². The molecule has 0 spiro atoms. The van der Waals surface area contributed by atoms with Crippen LogP contribution >= 0.6 is 0 Å². The molecular weight excluding hydrogens is 432 g/mol. The van der Waals surface area contributed by atoms with Crippen molar-refractivity contribution in [3.8, 4) is 11.1 Å². The molecule has 1 N–H and O–H groups in total. The van der Waals surface area contributed by atoms with Crippen LogP contribution in [0.4, 0.5) is 22.4 Å². The number of Topliss-reactive ketones (excluding diaryl/α,β-unsaturated/α-hetero) is 1. The highest BCUT2D eigenvalue weighted by Gasteiger charge is 2.41. The average molecular weight is 456 g/mol. The second kappa shape index (κ2) is 8.76. The second-order valence-corrected chi connectivity index (χ2v) is 8.82. The van der Waals surface area contributed by atoms with Gasteiger partial charge in [0, 0.05) is 24.5 Å².